The molecule has 13 rings (SSSR count). The molecule has 404 valence electrons. The molecular weight excluding hydrogens is 960 g/mol. The van der Waals surface area contributed by atoms with Crippen molar-refractivity contribution < 1.29 is 0 Å². The average molecular weight is 1050 g/mol. The Balaban J connectivity index is 1.22. The van der Waals surface area contributed by atoms with Crippen molar-refractivity contribution in [2.45, 2.75) is 232 Å². The molecule has 4 heteroatoms. The molecule has 0 atom stereocenters. The van der Waals surface area contributed by atoms with Crippen molar-refractivity contribution in [3.05, 3.63) is 146 Å². The molecule has 6 aliphatic rings. The molecule has 7 aromatic rings. The van der Waals surface area contributed by atoms with Crippen LogP contribution in [0.2, 0.25) is 0 Å². The molecule has 0 N–H and O–H groups in total. The van der Waals surface area contributed by atoms with Gasteiger partial charge in [-0.1, -0.05) is 180 Å². The van der Waals surface area contributed by atoms with Crippen molar-refractivity contribution in [2.24, 2.45) is 0 Å². The van der Waals surface area contributed by atoms with Crippen LogP contribution in [0.25, 0.3) is 21.9 Å². The van der Waals surface area contributed by atoms with Crippen LogP contribution in [-0.4, -0.2) is 6.71 Å². The summed E-state index contributed by atoms with van der Waals surface area (Å²) >= 11 is 2.18. The topological polar surface area (TPSA) is 6.48 Å². The van der Waals surface area contributed by atoms with Crippen LogP contribution in [0.15, 0.2) is 97.1 Å². The van der Waals surface area contributed by atoms with Gasteiger partial charge >= 0.3 is 0 Å². The Bertz CT molecular complexity index is 3710. The van der Waals surface area contributed by atoms with Crippen molar-refractivity contribution >= 4 is 78.6 Å². The molecule has 2 nitrogen and oxygen atoms in total. The van der Waals surface area contributed by atoms with E-state index in [9.17, 15) is 0 Å². The van der Waals surface area contributed by atoms with Crippen molar-refractivity contribution in [3.8, 4) is 11.1 Å². The number of hydrogen-bond donors (Lipinski definition) is 0. The fraction of sp³-hybridized carbons (Fsp3) is 0.486. The zero-order valence-corrected chi connectivity index (χ0v) is 52.1. The summed E-state index contributed by atoms with van der Waals surface area (Å²) in [5, 5.41) is 2.57. The first kappa shape index (κ1) is 52.3. The van der Waals surface area contributed by atoms with Gasteiger partial charge in [0.25, 0.3) is 6.71 Å². The molecule has 6 aromatic carbocycles. The molecule has 0 bridgehead atoms. The van der Waals surface area contributed by atoms with Gasteiger partial charge in [-0.05, 0) is 220 Å². The number of benzene rings is 6. The number of fused-ring (bicyclic) bond motifs is 10. The molecule has 78 heavy (non-hydrogen) atoms. The van der Waals surface area contributed by atoms with Crippen LogP contribution in [0.1, 0.15) is 232 Å². The van der Waals surface area contributed by atoms with Crippen molar-refractivity contribution in [1.82, 2.24) is 0 Å². The van der Waals surface area contributed by atoms with Gasteiger partial charge in [-0.2, -0.15) is 11.3 Å². The molecular formula is C74H89BN2S. The minimum absolute atomic E-state index is 0.00546. The van der Waals surface area contributed by atoms with Gasteiger partial charge < -0.3 is 9.80 Å². The van der Waals surface area contributed by atoms with Gasteiger partial charge in [-0.3, -0.25) is 0 Å². The van der Waals surface area contributed by atoms with E-state index in [0.29, 0.717) is 0 Å². The molecule has 0 spiro atoms. The number of nitrogens with zero attached hydrogens (tertiary/aromatic N) is 2. The minimum atomic E-state index is -0.138. The highest BCUT2D eigenvalue weighted by molar-refractivity contribution is 7.29. The maximum absolute atomic E-state index is 2.85. The largest absolute Gasteiger partial charge is 0.311 e. The van der Waals surface area contributed by atoms with Gasteiger partial charge in [0.15, 0.2) is 0 Å². The van der Waals surface area contributed by atoms with E-state index in [0.717, 1.165) is 6.42 Å². The molecule has 0 amide bonds. The number of anilines is 6. The van der Waals surface area contributed by atoms with Gasteiger partial charge in [0, 0.05) is 38.0 Å². The summed E-state index contributed by atoms with van der Waals surface area (Å²) in [5.41, 5.74) is 26.0. The van der Waals surface area contributed by atoms with Crippen LogP contribution in [0.5, 0.6) is 0 Å². The predicted molar refractivity (Wildman–Crippen MR) is 341 cm³/mol. The van der Waals surface area contributed by atoms with Crippen LogP contribution >= 0.6 is 11.3 Å². The number of thiophene rings is 1. The third-order valence-corrected chi connectivity index (χ3v) is 23.4. The SMILES string of the molecule is CC(C)(C)c1cc2c3c(c1)N(c1ccc4c(c1)C(C)(C)CCC4(C)C)c1c(sc4c1C(C)(C)CCC4(C)C)B3c1cc3c(cc1N2c1cc2c(cc1-c1ccc4ccccc4c1)C(C)(C)CCC2(C)C)C(C)(C)CCC3(C)C. The highest BCUT2D eigenvalue weighted by atomic mass is 32.1. The molecule has 4 aliphatic carbocycles. The van der Waals surface area contributed by atoms with E-state index >= 15 is 0 Å². The summed E-state index contributed by atoms with van der Waals surface area (Å²) in [4.78, 5) is 7.30. The Morgan fingerprint density at radius 3 is 1.50 bits per heavy atom. The zero-order valence-electron chi connectivity index (χ0n) is 51.3. The molecule has 0 fully saturated rings. The van der Waals surface area contributed by atoms with Gasteiger partial charge in [0.05, 0.1) is 11.4 Å². The Kier molecular flexibility index (Phi) is 11.0. The Labute approximate surface area is 474 Å². The minimum Gasteiger partial charge on any atom is -0.311 e. The standard InChI is InChI=1S/C74H89BN2S/c1-66(2,3)47-37-59-62-60(38-47)77(57-42-54-52(69(8,9)30-32-71(54,12)13)40-49(57)46-25-24-44-22-20-21-23-45(44)36-46)58-43-55-53(70(10,11)31-33-72(55,14)15)41-56(58)75(62)65-63(61-64(78-65)74(18,19)35-34-73(61,16)17)76(59)48-26-27-50-51(39-48)68(6,7)29-28-67(50,4)5/h20-27,36-43H,28-35H2,1-19H3. The van der Waals surface area contributed by atoms with Gasteiger partial charge in [0.2, 0.25) is 0 Å². The summed E-state index contributed by atoms with van der Waals surface area (Å²) in [6, 6.07) is 40.3. The van der Waals surface area contributed by atoms with Crippen molar-refractivity contribution in [1.29, 1.82) is 0 Å². The first-order valence-corrected chi connectivity index (χ1v) is 31.0. The van der Waals surface area contributed by atoms with E-state index in [1.54, 1.807) is 16.0 Å². The monoisotopic (exact) mass is 1050 g/mol. The highest BCUT2D eigenvalue weighted by Crippen LogP contribution is 2.60. The second kappa shape index (κ2) is 16.3. The lowest BCUT2D eigenvalue weighted by atomic mass is 9.35. The Hall–Kier alpha value is -5.06. The maximum Gasteiger partial charge on any atom is 0.264 e. The van der Waals surface area contributed by atoms with E-state index in [4.69, 9.17) is 0 Å². The van der Waals surface area contributed by atoms with Crippen LogP contribution in [0.4, 0.5) is 34.1 Å². The second-order valence-electron chi connectivity index (χ2n) is 32.0. The number of hydrogen-bond acceptors (Lipinski definition) is 3. The first-order chi connectivity index (χ1) is 36.2. The summed E-state index contributed by atoms with van der Waals surface area (Å²) < 4.78 is 1.54. The molecule has 0 saturated heterocycles. The van der Waals surface area contributed by atoms with Crippen molar-refractivity contribution in [3.63, 3.8) is 0 Å². The summed E-state index contributed by atoms with van der Waals surface area (Å²) in [7, 11) is 0. The van der Waals surface area contributed by atoms with E-state index in [1.807, 2.05) is 0 Å². The molecule has 2 aliphatic heterocycles. The first-order valence-electron chi connectivity index (χ1n) is 30.2. The van der Waals surface area contributed by atoms with Crippen molar-refractivity contribution in [2.75, 3.05) is 9.80 Å². The molecule has 0 radical (unpaired) electrons. The number of rotatable bonds is 3. The van der Waals surface area contributed by atoms with E-state index in [1.165, 1.54) is 150 Å². The normalized spacial score (nSPS) is 21.9. The van der Waals surface area contributed by atoms with Gasteiger partial charge in [-0.25, -0.2) is 0 Å². The summed E-state index contributed by atoms with van der Waals surface area (Å²) in [5.74, 6) is 0. The fourth-order valence-electron chi connectivity index (χ4n) is 15.9. The van der Waals surface area contributed by atoms with Crippen LogP contribution in [0.3, 0.4) is 0 Å². The van der Waals surface area contributed by atoms with Crippen LogP contribution < -0.4 is 25.5 Å². The van der Waals surface area contributed by atoms with Crippen LogP contribution in [-0.2, 0) is 48.7 Å². The average Bonchev–Trinajstić information content (AvgIpc) is 3.92. The maximum atomic E-state index is 2.85. The lowest BCUT2D eigenvalue weighted by Crippen LogP contribution is -2.61. The van der Waals surface area contributed by atoms with Gasteiger partial charge in [0.1, 0.15) is 0 Å². The Morgan fingerprint density at radius 1 is 0.423 bits per heavy atom. The lowest BCUT2D eigenvalue weighted by Gasteiger charge is -2.49. The molecule has 0 saturated carbocycles. The van der Waals surface area contributed by atoms with E-state index < -0.39 is 0 Å². The zero-order chi connectivity index (χ0) is 55.6. The molecule has 1 aromatic heterocycles. The highest BCUT2D eigenvalue weighted by Gasteiger charge is 2.53. The molecule has 0 unspecified atom stereocenters. The Morgan fingerprint density at radius 2 is 0.910 bits per heavy atom. The third kappa shape index (κ3) is 7.58. The second-order valence-corrected chi connectivity index (χ2v) is 33.1. The summed E-state index contributed by atoms with van der Waals surface area (Å²) in [6.45, 7) is 47.8. The third-order valence-electron chi connectivity index (χ3n) is 21.8. The van der Waals surface area contributed by atoms with E-state index in [2.05, 4.69) is 250 Å². The van der Waals surface area contributed by atoms with E-state index in [-0.39, 0.29) is 55.4 Å². The predicted octanol–water partition coefficient (Wildman–Crippen LogP) is 19.3. The lowest BCUT2D eigenvalue weighted by molar-refractivity contribution is 0.332. The quantitative estimate of drug-likeness (QED) is 0.163. The summed E-state index contributed by atoms with van der Waals surface area (Å²) in [6.07, 6.45) is 9.43. The van der Waals surface area contributed by atoms with Gasteiger partial charge in [-0.15, -0.1) is 0 Å². The smallest absolute Gasteiger partial charge is 0.264 e. The van der Waals surface area contributed by atoms with Crippen LogP contribution in [0, 0.1) is 0 Å². The fourth-order valence-corrected chi connectivity index (χ4v) is 17.6. The molecule has 3 heterocycles.